The minimum Gasteiger partial charge on any atom is -0.478 e. The summed E-state index contributed by atoms with van der Waals surface area (Å²) in [5, 5.41) is 13.5. The zero-order chi connectivity index (χ0) is 32.7. The summed E-state index contributed by atoms with van der Waals surface area (Å²) in [5.41, 5.74) is 2.80. The Balaban J connectivity index is 1.09. The largest absolute Gasteiger partial charge is 0.478 e. The molecule has 254 valence electrons. The van der Waals surface area contributed by atoms with Gasteiger partial charge in [0.15, 0.2) is 9.84 Å². The lowest BCUT2D eigenvalue weighted by atomic mass is 9.34. The number of carbonyl (C=O) groups is 1. The van der Waals surface area contributed by atoms with E-state index in [4.69, 9.17) is 0 Å². The average Bonchev–Trinajstić information content (AvgIpc) is 3.42. The van der Waals surface area contributed by atoms with E-state index in [9.17, 15) is 22.7 Å². The van der Waals surface area contributed by atoms with Crippen LogP contribution in [-0.2, 0) is 9.84 Å². The average molecular weight is 655 g/mol. The second-order valence-electron chi connectivity index (χ2n) is 16.9. The van der Waals surface area contributed by atoms with Crippen LogP contribution in [-0.4, -0.2) is 67.6 Å². The van der Waals surface area contributed by atoms with Gasteiger partial charge >= 0.3 is 5.97 Å². The molecule has 1 aromatic carbocycles. The van der Waals surface area contributed by atoms with Crippen LogP contribution in [0.1, 0.15) is 108 Å². The summed E-state index contributed by atoms with van der Waals surface area (Å²) in [6.45, 7) is 13.5. The molecule has 1 heterocycles. The summed E-state index contributed by atoms with van der Waals surface area (Å²) in [4.78, 5) is 13.8. The first-order valence-electron chi connectivity index (χ1n) is 18.1. The van der Waals surface area contributed by atoms with Crippen molar-refractivity contribution < 1.29 is 22.7 Å². The Morgan fingerprint density at radius 3 is 2.46 bits per heavy atom. The van der Waals surface area contributed by atoms with E-state index in [0.29, 0.717) is 47.8 Å². The van der Waals surface area contributed by atoms with E-state index in [1.165, 1.54) is 75.5 Å². The van der Waals surface area contributed by atoms with Crippen LogP contribution in [0, 0.1) is 51.7 Å². The number of hydrogen-bond acceptors (Lipinski definition) is 5. The molecule has 5 fully saturated rings. The van der Waals surface area contributed by atoms with Crippen LogP contribution in [0.5, 0.6) is 0 Å². The second-order valence-corrected chi connectivity index (χ2v) is 19.3. The number of sulfone groups is 1. The first-order chi connectivity index (χ1) is 21.7. The normalized spacial score (nSPS) is 43.5. The highest BCUT2D eigenvalue weighted by Crippen LogP contribution is 2.75. The van der Waals surface area contributed by atoms with Crippen molar-refractivity contribution in [2.75, 3.05) is 37.7 Å². The van der Waals surface area contributed by atoms with E-state index in [1.54, 1.807) is 6.07 Å². The maximum atomic E-state index is 14.7. The molecule has 8 heteroatoms. The molecule has 0 spiro atoms. The second kappa shape index (κ2) is 11.4. The van der Waals surface area contributed by atoms with Gasteiger partial charge in [0, 0.05) is 31.7 Å². The van der Waals surface area contributed by atoms with Crippen LogP contribution in [0.25, 0.3) is 5.57 Å². The first kappa shape index (κ1) is 32.8. The fourth-order valence-corrected chi connectivity index (χ4v) is 14.1. The molecule has 7 rings (SSSR count). The topological polar surface area (TPSA) is 86.7 Å². The predicted molar refractivity (Wildman–Crippen MR) is 181 cm³/mol. The number of carboxylic acids is 1. The highest BCUT2D eigenvalue weighted by atomic mass is 32.2. The molecule has 0 amide bonds. The van der Waals surface area contributed by atoms with Gasteiger partial charge in [0.2, 0.25) is 0 Å². The minimum atomic E-state index is -2.85. The van der Waals surface area contributed by atoms with Gasteiger partial charge in [0.05, 0.1) is 17.1 Å². The lowest BCUT2D eigenvalue weighted by Gasteiger charge is -2.71. The standard InChI is InChI=1S/C38H55FN2O4S/c1-25-27(26-7-8-28(34(42)43)32(39)24-26)11-14-35(2)29(25)12-15-37(4)33(35)10-9-30-31-6-5-13-38(31,17-16-36(30,37)3)40-18-19-41-20-22-46(44,45)23-21-41/h7-8,11,24-25,29-31,33,40H,5-6,9-10,12-23H2,1-4H3,(H,42,43)/t25?,29?,30?,31?,33?,35-,36+,37?,38?/m0/s1. The molecule has 6 aliphatic rings. The Kier molecular flexibility index (Phi) is 8.12. The molecule has 1 aliphatic heterocycles. The number of allylic oxidation sites excluding steroid dienone is 2. The Bertz CT molecular complexity index is 1510. The van der Waals surface area contributed by atoms with Crippen LogP contribution in [0.4, 0.5) is 4.39 Å². The van der Waals surface area contributed by atoms with Gasteiger partial charge in [-0.05, 0) is 127 Å². The highest BCUT2D eigenvalue weighted by Gasteiger charge is 2.68. The van der Waals surface area contributed by atoms with Gasteiger partial charge in [-0.1, -0.05) is 46.3 Å². The van der Waals surface area contributed by atoms with Crippen molar-refractivity contribution in [2.45, 2.75) is 97.4 Å². The van der Waals surface area contributed by atoms with E-state index in [1.807, 2.05) is 0 Å². The van der Waals surface area contributed by atoms with Gasteiger partial charge in [-0.25, -0.2) is 17.6 Å². The van der Waals surface area contributed by atoms with Crippen LogP contribution < -0.4 is 5.32 Å². The number of aromatic carboxylic acids is 1. The number of fused-ring (bicyclic) bond motifs is 7. The van der Waals surface area contributed by atoms with Crippen molar-refractivity contribution in [3.63, 3.8) is 0 Å². The molecular weight excluding hydrogens is 599 g/mol. The van der Waals surface area contributed by atoms with E-state index < -0.39 is 21.6 Å². The van der Waals surface area contributed by atoms with Crippen molar-refractivity contribution in [1.82, 2.24) is 10.2 Å². The summed E-state index contributed by atoms with van der Waals surface area (Å²) in [5.74, 6) is 1.69. The third kappa shape index (κ3) is 4.97. The molecule has 7 unspecified atom stereocenters. The summed E-state index contributed by atoms with van der Waals surface area (Å²) in [7, 11) is -2.85. The van der Waals surface area contributed by atoms with Gasteiger partial charge < -0.3 is 15.3 Å². The summed E-state index contributed by atoms with van der Waals surface area (Å²) in [6, 6.07) is 4.67. The monoisotopic (exact) mass is 654 g/mol. The maximum Gasteiger partial charge on any atom is 0.338 e. The number of rotatable bonds is 6. The lowest BCUT2D eigenvalue weighted by molar-refractivity contribution is -0.211. The van der Waals surface area contributed by atoms with Gasteiger partial charge in [-0.15, -0.1) is 0 Å². The van der Waals surface area contributed by atoms with Crippen molar-refractivity contribution in [3.8, 4) is 0 Å². The number of carboxylic acid groups (broad SMARTS) is 1. The summed E-state index contributed by atoms with van der Waals surface area (Å²) >= 11 is 0. The lowest BCUT2D eigenvalue weighted by Crippen LogP contribution is -2.67. The zero-order valence-corrected chi connectivity index (χ0v) is 29.2. The van der Waals surface area contributed by atoms with E-state index >= 15 is 0 Å². The predicted octanol–water partition coefficient (Wildman–Crippen LogP) is 7.05. The SMILES string of the molecule is CC1C(c2ccc(C(=O)O)c(F)c2)=CC[C@@]2(C)C1CCC1(C)C2CCC2C3CCCC3(NCCN3CCS(=O)(=O)CC3)CC[C@]21C. The molecule has 1 aromatic rings. The van der Waals surface area contributed by atoms with Crippen LogP contribution in [0.2, 0.25) is 0 Å². The third-order valence-corrected chi connectivity index (χ3v) is 17.0. The Labute approximate surface area is 275 Å². The fourth-order valence-electron chi connectivity index (χ4n) is 12.8. The molecule has 0 radical (unpaired) electrons. The van der Waals surface area contributed by atoms with Gasteiger partial charge in [0.1, 0.15) is 5.82 Å². The van der Waals surface area contributed by atoms with Gasteiger partial charge in [0.25, 0.3) is 0 Å². The Morgan fingerprint density at radius 2 is 1.74 bits per heavy atom. The van der Waals surface area contributed by atoms with Gasteiger partial charge in [-0.2, -0.15) is 0 Å². The van der Waals surface area contributed by atoms with Crippen molar-refractivity contribution in [3.05, 3.63) is 41.2 Å². The first-order valence-corrected chi connectivity index (χ1v) is 20.0. The Morgan fingerprint density at radius 1 is 0.978 bits per heavy atom. The van der Waals surface area contributed by atoms with Crippen LogP contribution in [0.15, 0.2) is 24.3 Å². The molecule has 1 saturated heterocycles. The molecule has 9 atom stereocenters. The number of halogens is 1. The van der Waals surface area contributed by atoms with Gasteiger partial charge in [-0.3, -0.25) is 0 Å². The number of hydrogen-bond donors (Lipinski definition) is 2. The number of benzene rings is 1. The quantitative estimate of drug-likeness (QED) is 0.342. The molecule has 0 aromatic heterocycles. The van der Waals surface area contributed by atoms with E-state index in [0.717, 1.165) is 36.9 Å². The number of nitrogens with zero attached hydrogens (tertiary/aromatic N) is 1. The smallest absolute Gasteiger partial charge is 0.338 e. The fraction of sp³-hybridized carbons (Fsp3) is 0.763. The summed E-state index contributed by atoms with van der Waals surface area (Å²) in [6.07, 6.45) is 14.9. The summed E-state index contributed by atoms with van der Waals surface area (Å²) < 4.78 is 38.5. The van der Waals surface area contributed by atoms with Crippen LogP contribution >= 0.6 is 0 Å². The molecule has 4 saturated carbocycles. The maximum absolute atomic E-state index is 14.7. The molecule has 2 N–H and O–H groups in total. The third-order valence-electron chi connectivity index (χ3n) is 15.4. The van der Waals surface area contributed by atoms with E-state index in [2.05, 4.69) is 44.0 Å². The number of nitrogens with one attached hydrogen (secondary N) is 1. The molecule has 0 bridgehead atoms. The van der Waals surface area contributed by atoms with Crippen molar-refractivity contribution >= 4 is 21.4 Å². The minimum absolute atomic E-state index is 0.202. The Hall–Kier alpha value is -1.77. The molecule has 46 heavy (non-hydrogen) atoms. The van der Waals surface area contributed by atoms with E-state index in [-0.39, 0.29) is 21.9 Å². The molecular formula is C38H55FN2O4S. The highest BCUT2D eigenvalue weighted by molar-refractivity contribution is 7.91. The van der Waals surface area contributed by atoms with Crippen LogP contribution in [0.3, 0.4) is 0 Å². The van der Waals surface area contributed by atoms with Crippen molar-refractivity contribution in [2.24, 2.45) is 45.8 Å². The zero-order valence-electron chi connectivity index (χ0n) is 28.4. The van der Waals surface area contributed by atoms with Crippen molar-refractivity contribution in [1.29, 1.82) is 0 Å². The molecule has 5 aliphatic carbocycles. The molecule has 6 nitrogen and oxygen atoms in total.